The third kappa shape index (κ3) is 5.95. The van der Waals surface area contributed by atoms with Crippen LogP contribution in [0.15, 0.2) is 72.8 Å². The number of amides is 3. The summed E-state index contributed by atoms with van der Waals surface area (Å²) in [7, 11) is 0. The van der Waals surface area contributed by atoms with Gasteiger partial charge in [-0.1, -0.05) is 49.7 Å². The minimum Gasteiger partial charge on any atom is -0.369 e. The molecule has 46 heavy (non-hydrogen) atoms. The van der Waals surface area contributed by atoms with Crippen molar-refractivity contribution in [1.29, 1.82) is 5.26 Å². The number of rotatable bonds is 5. The number of nitriles is 1. The lowest BCUT2D eigenvalue weighted by Gasteiger charge is -2.33. The molecule has 3 aliphatic rings. The Labute approximate surface area is 266 Å². The lowest BCUT2D eigenvalue weighted by atomic mass is 9.94. The largest absolute Gasteiger partial charge is 0.369 e. The maximum atomic E-state index is 14.2. The van der Waals surface area contributed by atoms with Gasteiger partial charge >= 0.3 is 0 Å². The van der Waals surface area contributed by atoms with Gasteiger partial charge in [0.25, 0.3) is 5.91 Å². The highest BCUT2D eigenvalue weighted by molar-refractivity contribution is 6.27. The predicted molar refractivity (Wildman–Crippen MR) is 172 cm³/mol. The second-order valence-corrected chi connectivity index (χ2v) is 12.0. The van der Waals surface area contributed by atoms with Crippen LogP contribution in [0.2, 0.25) is 0 Å². The van der Waals surface area contributed by atoms with E-state index in [4.69, 9.17) is 5.26 Å². The molecule has 0 aliphatic carbocycles. The van der Waals surface area contributed by atoms with Gasteiger partial charge in [0.05, 0.1) is 23.0 Å². The molecule has 234 valence electrons. The van der Waals surface area contributed by atoms with E-state index in [0.717, 1.165) is 48.2 Å². The molecule has 0 radical (unpaired) electrons. The molecule has 4 aromatic carbocycles. The first-order valence-corrected chi connectivity index (χ1v) is 15.7. The van der Waals surface area contributed by atoms with E-state index in [1.165, 1.54) is 23.5 Å². The Morgan fingerprint density at radius 1 is 0.870 bits per heavy atom. The van der Waals surface area contributed by atoms with Crippen LogP contribution >= 0.6 is 0 Å². The summed E-state index contributed by atoms with van der Waals surface area (Å²) in [5.41, 5.74) is 3.70. The van der Waals surface area contributed by atoms with E-state index in [2.05, 4.69) is 17.1 Å². The Hall–Kier alpha value is -5.10. The normalized spacial score (nSPS) is 17.9. The molecule has 7 nitrogen and oxygen atoms in total. The van der Waals surface area contributed by atoms with E-state index >= 15 is 0 Å². The molecule has 7 rings (SSSR count). The van der Waals surface area contributed by atoms with Gasteiger partial charge < -0.3 is 4.90 Å². The molecule has 0 spiro atoms. The van der Waals surface area contributed by atoms with Crippen molar-refractivity contribution in [3.8, 4) is 6.07 Å². The number of hydrogen-bond donors (Lipinski definition) is 1. The first kappa shape index (κ1) is 30.9. The number of imide groups is 1. The molecule has 0 aromatic heterocycles. The Morgan fingerprint density at radius 3 is 2.33 bits per heavy atom. The maximum absolute atomic E-state index is 14.2. The van der Waals surface area contributed by atoms with Crippen molar-refractivity contribution in [3.63, 3.8) is 0 Å². The summed E-state index contributed by atoms with van der Waals surface area (Å²) in [6.07, 6.45) is 4.38. The number of hydrogen-bond acceptors (Lipinski definition) is 5. The van der Waals surface area contributed by atoms with Gasteiger partial charge in [-0.25, -0.2) is 8.78 Å². The predicted octanol–water partition coefficient (Wildman–Crippen LogP) is 6.66. The van der Waals surface area contributed by atoms with Crippen molar-refractivity contribution in [1.82, 2.24) is 5.32 Å². The summed E-state index contributed by atoms with van der Waals surface area (Å²) in [6.45, 7) is 4.05. The van der Waals surface area contributed by atoms with Gasteiger partial charge in [0.15, 0.2) is 0 Å². The maximum Gasteiger partial charge on any atom is 0.259 e. The van der Waals surface area contributed by atoms with Crippen LogP contribution in [0.25, 0.3) is 10.8 Å². The number of nitrogens with one attached hydrogen (secondary N) is 1. The fraction of sp³-hybridized carbons (Fsp3) is 0.297. The van der Waals surface area contributed by atoms with Crippen LogP contribution in [0, 0.1) is 28.9 Å². The van der Waals surface area contributed by atoms with Crippen LogP contribution in [0.4, 0.5) is 20.2 Å². The lowest BCUT2D eigenvalue weighted by Crippen LogP contribution is -2.53. The fourth-order valence-electron chi connectivity index (χ4n) is 6.72. The summed E-state index contributed by atoms with van der Waals surface area (Å²) >= 11 is 0. The second kappa shape index (κ2) is 13.1. The van der Waals surface area contributed by atoms with Gasteiger partial charge in [0.2, 0.25) is 11.8 Å². The second-order valence-electron chi connectivity index (χ2n) is 12.0. The van der Waals surface area contributed by atoms with Crippen molar-refractivity contribution < 1.29 is 23.2 Å². The van der Waals surface area contributed by atoms with Gasteiger partial charge in [0, 0.05) is 36.9 Å². The van der Waals surface area contributed by atoms with Gasteiger partial charge in [-0.2, -0.15) is 5.26 Å². The molecule has 2 fully saturated rings. The first-order valence-electron chi connectivity index (χ1n) is 15.7. The Morgan fingerprint density at radius 2 is 1.63 bits per heavy atom. The number of carbonyl (C=O) groups is 3. The van der Waals surface area contributed by atoms with Gasteiger partial charge in [0.1, 0.15) is 17.7 Å². The van der Waals surface area contributed by atoms with Crippen LogP contribution in [-0.4, -0.2) is 36.9 Å². The summed E-state index contributed by atoms with van der Waals surface area (Å²) in [4.78, 5) is 40.6. The SMILES string of the molecule is CCC1CCN(c2ccc(C#N)cc2F)CC1.O=C1CC[C@H](N2C(=O)c3cccc4c(Cc5ccccc5F)ccc2c34)C(=O)N1. The minimum atomic E-state index is -0.715. The van der Waals surface area contributed by atoms with E-state index in [-0.39, 0.29) is 29.9 Å². The lowest BCUT2D eigenvalue weighted by molar-refractivity contribution is -0.134. The molecule has 3 amide bonds. The Kier molecular flexibility index (Phi) is 8.80. The molecule has 9 heteroatoms. The van der Waals surface area contributed by atoms with E-state index in [1.807, 2.05) is 24.3 Å². The fourth-order valence-corrected chi connectivity index (χ4v) is 6.72. The summed E-state index contributed by atoms with van der Waals surface area (Å²) < 4.78 is 28.0. The Bertz CT molecular complexity index is 1880. The average molecular weight is 621 g/mol. The molecular formula is C37H34F2N4O3. The van der Waals surface area contributed by atoms with Crippen molar-refractivity contribution in [2.24, 2.45) is 5.92 Å². The molecule has 3 aliphatic heterocycles. The van der Waals surface area contributed by atoms with Crippen LogP contribution in [0.1, 0.15) is 66.1 Å². The van der Waals surface area contributed by atoms with Crippen molar-refractivity contribution >= 4 is 39.9 Å². The first-order chi connectivity index (χ1) is 22.3. The molecule has 1 N–H and O–H groups in total. The molecule has 2 saturated heterocycles. The number of halogens is 2. The monoisotopic (exact) mass is 620 g/mol. The zero-order valence-corrected chi connectivity index (χ0v) is 25.6. The van der Waals surface area contributed by atoms with E-state index in [9.17, 15) is 23.2 Å². The molecular weight excluding hydrogens is 586 g/mol. The standard InChI is InChI=1S/C23H17FN2O3.C14H17FN2/c24-17-7-2-1-4-14(17)12-13-8-9-18-21-15(13)5-3-6-16(21)23(29)26(18)19-10-11-20(27)25-22(19)28;1-2-11-5-7-17(8-6-11)14-4-3-12(10-16)9-13(14)15/h1-9,19H,10-12H2,(H,25,27,28);3-4,9,11H,2,5-8H2,1H3/t19-;/m0./s1. The number of anilines is 2. The van der Waals surface area contributed by atoms with E-state index in [1.54, 1.807) is 42.5 Å². The van der Waals surface area contributed by atoms with Crippen molar-refractivity contribution in [3.05, 3.63) is 107 Å². The van der Waals surface area contributed by atoms with E-state index < -0.39 is 11.9 Å². The molecule has 0 unspecified atom stereocenters. The summed E-state index contributed by atoms with van der Waals surface area (Å²) in [6, 6.07) is 21.8. The number of piperidine rings is 2. The quantitative estimate of drug-likeness (QED) is 0.252. The van der Waals surface area contributed by atoms with Crippen molar-refractivity contribution in [2.45, 2.75) is 51.5 Å². The van der Waals surface area contributed by atoms with Crippen LogP contribution < -0.4 is 15.1 Å². The summed E-state index contributed by atoms with van der Waals surface area (Å²) in [5, 5.41) is 12.7. The topological polar surface area (TPSA) is 93.5 Å². The highest BCUT2D eigenvalue weighted by Crippen LogP contribution is 2.41. The van der Waals surface area contributed by atoms with Gasteiger partial charge in [-0.3, -0.25) is 24.6 Å². The van der Waals surface area contributed by atoms with Crippen LogP contribution in [0.3, 0.4) is 0 Å². The number of benzene rings is 4. The number of carbonyl (C=O) groups excluding carboxylic acids is 3. The molecule has 3 heterocycles. The highest BCUT2D eigenvalue weighted by Gasteiger charge is 2.40. The smallest absolute Gasteiger partial charge is 0.259 e. The van der Waals surface area contributed by atoms with Gasteiger partial charge in [-0.05, 0) is 78.1 Å². The minimum absolute atomic E-state index is 0.199. The number of nitrogens with zero attached hydrogens (tertiary/aromatic N) is 3. The van der Waals surface area contributed by atoms with Crippen LogP contribution in [0.5, 0.6) is 0 Å². The third-order valence-electron chi connectivity index (χ3n) is 9.29. The Balaban J connectivity index is 0.000000187. The van der Waals surface area contributed by atoms with Crippen molar-refractivity contribution in [2.75, 3.05) is 22.9 Å². The zero-order chi connectivity index (χ0) is 32.4. The molecule has 0 saturated carbocycles. The molecule has 0 bridgehead atoms. The highest BCUT2D eigenvalue weighted by atomic mass is 19.1. The van der Waals surface area contributed by atoms with Crippen LogP contribution in [-0.2, 0) is 16.0 Å². The average Bonchev–Trinajstić information content (AvgIpc) is 3.35. The third-order valence-corrected chi connectivity index (χ3v) is 9.29. The van der Waals surface area contributed by atoms with E-state index in [0.29, 0.717) is 40.9 Å². The zero-order valence-electron chi connectivity index (χ0n) is 25.6. The molecule has 1 atom stereocenters. The summed E-state index contributed by atoms with van der Waals surface area (Å²) in [5.74, 6) is -0.779. The molecule has 4 aromatic rings. The van der Waals surface area contributed by atoms with Gasteiger partial charge in [-0.15, -0.1) is 0 Å².